The molecule has 8 heteroatoms. The molecule has 27 heavy (non-hydrogen) atoms. The molecule has 3 rings (SSSR count). The van der Waals surface area contributed by atoms with Crippen LogP contribution in [0.5, 0.6) is 0 Å². The fourth-order valence-corrected chi connectivity index (χ4v) is 2.52. The summed E-state index contributed by atoms with van der Waals surface area (Å²) < 4.78 is 0. The Balaban J connectivity index is 1.65. The van der Waals surface area contributed by atoms with E-state index in [-0.39, 0.29) is 6.03 Å². The number of anilines is 1. The molecular weight excluding hydrogens is 342 g/mol. The van der Waals surface area contributed by atoms with Crippen LogP contribution in [-0.4, -0.2) is 43.2 Å². The highest BCUT2D eigenvalue weighted by atomic mass is 16.2. The summed E-state index contributed by atoms with van der Waals surface area (Å²) in [7, 11) is 1.74. The molecule has 140 valence electrons. The van der Waals surface area contributed by atoms with Gasteiger partial charge in [-0.1, -0.05) is 25.1 Å². The Morgan fingerprint density at radius 3 is 2.74 bits per heavy atom. The number of amides is 2. The zero-order valence-electron chi connectivity index (χ0n) is 15.8. The van der Waals surface area contributed by atoms with E-state index in [0.717, 1.165) is 17.7 Å². The molecule has 0 aliphatic heterocycles. The smallest absolute Gasteiger partial charge is 0.321 e. The van der Waals surface area contributed by atoms with Crippen molar-refractivity contribution in [1.82, 2.24) is 30.1 Å². The van der Waals surface area contributed by atoms with Crippen molar-refractivity contribution in [3.8, 4) is 11.4 Å². The summed E-state index contributed by atoms with van der Waals surface area (Å²) in [4.78, 5) is 20.0. The quantitative estimate of drug-likeness (QED) is 0.725. The second-order valence-electron chi connectivity index (χ2n) is 6.18. The number of aromatic nitrogens is 5. The first-order valence-corrected chi connectivity index (χ1v) is 8.93. The van der Waals surface area contributed by atoms with Crippen molar-refractivity contribution in [3.63, 3.8) is 0 Å². The highest BCUT2D eigenvalue weighted by molar-refractivity contribution is 5.89. The molecule has 0 aliphatic rings. The van der Waals surface area contributed by atoms with Crippen LogP contribution in [0.4, 0.5) is 10.5 Å². The minimum Gasteiger partial charge on any atom is -0.322 e. The molecule has 0 radical (unpaired) electrons. The van der Waals surface area contributed by atoms with Gasteiger partial charge in [-0.15, -0.1) is 10.2 Å². The fourth-order valence-electron chi connectivity index (χ4n) is 2.52. The van der Waals surface area contributed by atoms with Crippen LogP contribution in [-0.2, 0) is 19.5 Å². The van der Waals surface area contributed by atoms with E-state index in [1.165, 1.54) is 10.4 Å². The number of hydrogen-bond donors (Lipinski definition) is 1. The lowest BCUT2D eigenvalue weighted by Crippen LogP contribution is -2.31. The van der Waals surface area contributed by atoms with Gasteiger partial charge in [-0.25, -0.2) is 4.79 Å². The Bertz CT molecular complexity index is 904. The number of urea groups is 1. The third kappa shape index (κ3) is 4.66. The summed E-state index contributed by atoms with van der Waals surface area (Å²) in [5.74, 6) is 0.529. The largest absolute Gasteiger partial charge is 0.322 e. The molecule has 0 unspecified atom stereocenters. The molecule has 8 nitrogen and oxygen atoms in total. The van der Waals surface area contributed by atoms with Crippen LogP contribution in [0, 0.1) is 0 Å². The molecule has 2 amide bonds. The van der Waals surface area contributed by atoms with Crippen molar-refractivity contribution in [3.05, 3.63) is 53.9 Å². The minimum atomic E-state index is -0.210. The highest BCUT2D eigenvalue weighted by Gasteiger charge is 2.12. The Morgan fingerprint density at radius 1 is 1.22 bits per heavy atom. The fraction of sp³-hybridized carbons (Fsp3) is 0.316. The third-order valence-electron chi connectivity index (χ3n) is 4.15. The van der Waals surface area contributed by atoms with Gasteiger partial charge in [-0.2, -0.15) is 4.80 Å². The maximum Gasteiger partial charge on any atom is 0.321 e. The number of rotatable bonds is 6. The first-order valence-electron chi connectivity index (χ1n) is 8.93. The average Bonchev–Trinajstić information content (AvgIpc) is 3.18. The summed E-state index contributed by atoms with van der Waals surface area (Å²) in [6.07, 6.45) is 2.79. The second kappa shape index (κ2) is 8.39. The number of nitrogens with zero attached hydrogens (tertiary/aromatic N) is 6. The standard InChI is InChI=1S/C19H23N7O/c1-4-14-9-10-17(20-12-14)13-25(3)19(27)21-16-8-6-7-15(11-16)18-22-24-26(5-2)23-18/h6-12H,4-5,13H2,1-3H3,(H,21,27). The van der Waals surface area contributed by atoms with Gasteiger partial charge < -0.3 is 10.2 Å². The molecule has 3 aromatic rings. The second-order valence-corrected chi connectivity index (χ2v) is 6.18. The first kappa shape index (κ1) is 18.5. The summed E-state index contributed by atoms with van der Waals surface area (Å²) in [6, 6.07) is 11.2. The van der Waals surface area contributed by atoms with E-state index >= 15 is 0 Å². The van der Waals surface area contributed by atoms with Crippen LogP contribution in [0.1, 0.15) is 25.1 Å². The molecule has 1 aromatic carbocycles. The zero-order valence-corrected chi connectivity index (χ0v) is 15.8. The molecule has 2 aromatic heterocycles. The van der Waals surface area contributed by atoms with Crippen molar-refractivity contribution < 1.29 is 4.79 Å². The highest BCUT2D eigenvalue weighted by Crippen LogP contribution is 2.19. The van der Waals surface area contributed by atoms with E-state index < -0.39 is 0 Å². The SMILES string of the molecule is CCc1ccc(CN(C)C(=O)Nc2cccc(-c3nnn(CC)n3)c2)nc1. The van der Waals surface area contributed by atoms with Gasteiger partial charge >= 0.3 is 6.03 Å². The lowest BCUT2D eigenvalue weighted by molar-refractivity contribution is 0.220. The molecule has 0 atom stereocenters. The number of nitrogens with one attached hydrogen (secondary N) is 1. The number of tetrazole rings is 1. The summed E-state index contributed by atoms with van der Waals surface area (Å²) >= 11 is 0. The number of aryl methyl sites for hydroxylation is 2. The molecule has 0 saturated heterocycles. The Kier molecular flexibility index (Phi) is 5.75. The van der Waals surface area contributed by atoms with E-state index in [4.69, 9.17) is 0 Å². The Hall–Kier alpha value is -3.29. The van der Waals surface area contributed by atoms with Crippen LogP contribution < -0.4 is 5.32 Å². The van der Waals surface area contributed by atoms with Crippen molar-refractivity contribution >= 4 is 11.7 Å². The maximum atomic E-state index is 12.5. The predicted octanol–water partition coefficient (Wildman–Crippen LogP) is 2.98. The molecule has 2 heterocycles. The van der Waals surface area contributed by atoms with E-state index in [1.54, 1.807) is 11.9 Å². The number of pyridine rings is 1. The van der Waals surface area contributed by atoms with Crippen molar-refractivity contribution in [1.29, 1.82) is 0 Å². The van der Waals surface area contributed by atoms with Gasteiger partial charge in [0.1, 0.15) is 0 Å². The number of carbonyl (C=O) groups is 1. The first-order chi connectivity index (χ1) is 13.1. The number of hydrogen-bond acceptors (Lipinski definition) is 5. The van der Waals surface area contributed by atoms with Crippen LogP contribution in [0.15, 0.2) is 42.6 Å². The predicted molar refractivity (Wildman–Crippen MR) is 103 cm³/mol. The molecule has 0 aliphatic carbocycles. The van der Waals surface area contributed by atoms with Crippen LogP contribution in [0.3, 0.4) is 0 Å². The average molecular weight is 365 g/mol. The summed E-state index contributed by atoms with van der Waals surface area (Å²) in [6.45, 7) is 5.12. The monoisotopic (exact) mass is 365 g/mol. The van der Waals surface area contributed by atoms with Gasteiger partial charge in [-0.3, -0.25) is 4.98 Å². The summed E-state index contributed by atoms with van der Waals surface area (Å²) in [5.41, 5.74) is 3.49. The van der Waals surface area contributed by atoms with E-state index in [0.29, 0.717) is 24.6 Å². The van der Waals surface area contributed by atoms with Gasteiger partial charge in [0.25, 0.3) is 0 Å². The van der Waals surface area contributed by atoms with Crippen molar-refractivity contribution in [2.75, 3.05) is 12.4 Å². The molecule has 0 saturated carbocycles. The van der Waals surface area contributed by atoms with Gasteiger partial charge in [0.05, 0.1) is 18.8 Å². The van der Waals surface area contributed by atoms with Crippen molar-refractivity contribution in [2.24, 2.45) is 0 Å². The van der Waals surface area contributed by atoms with Gasteiger partial charge in [0, 0.05) is 24.5 Å². The van der Waals surface area contributed by atoms with E-state index in [9.17, 15) is 4.79 Å². The minimum absolute atomic E-state index is 0.210. The molecule has 1 N–H and O–H groups in total. The van der Waals surface area contributed by atoms with Crippen molar-refractivity contribution in [2.45, 2.75) is 33.4 Å². The normalized spacial score (nSPS) is 10.6. The summed E-state index contributed by atoms with van der Waals surface area (Å²) in [5, 5.41) is 15.2. The lowest BCUT2D eigenvalue weighted by atomic mass is 10.2. The molecule has 0 fully saturated rings. The molecule has 0 spiro atoms. The topological polar surface area (TPSA) is 88.8 Å². The lowest BCUT2D eigenvalue weighted by Gasteiger charge is -2.18. The van der Waals surface area contributed by atoms with Crippen LogP contribution in [0.25, 0.3) is 11.4 Å². The Morgan fingerprint density at radius 2 is 2.07 bits per heavy atom. The van der Waals surface area contributed by atoms with Gasteiger partial charge in [-0.05, 0) is 42.3 Å². The van der Waals surface area contributed by atoms with Gasteiger partial charge in [0.2, 0.25) is 5.82 Å². The Labute approximate surface area is 158 Å². The molecular formula is C19H23N7O. The molecule has 0 bridgehead atoms. The number of benzene rings is 1. The van der Waals surface area contributed by atoms with Crippen LogP contribution >= 0.6 is 0 Å². The zero-order chi connectivity index (χ0) is 19.2. The third-order valence-corrected chi connectivity index (χ3v) is 4.15. The van der Waals surface area contributed by atoms with Gasteiger partial charge in [0.15, 0.2) is 0 Å². The van der Waals surface area contributed by atoms with E-state index in [1.807, 2.05) is 49.5 Å². The van der Waals surface area contributed by atoms with Crippen LogP contribution in [0.2, 0.25) is 0 Å². The number of carbonyl (C=O) groups excluding carboxylic acids is 1. The van der Waals surface area contributed by atoms with E-state index in [2.05, 4.69) is 32.6 Å². The maximum absolute atomic E-state index is 12.5.